The zero-order valence-electron chi connectivity index (χ0n) is 22.6. The molecule has 0 unspecified atom stereocenters. The van der Waals surface area contributed by atoms with Crippen molar-refractivity contribution in [2.45, 2.75) is 56.9 Å². The molecule has 2 aromatic carbocycles. The Morgan fingerprint density at radius 1 is 0.900 bits per heavy atom. The first kappa shape index (κ1) is 29.0. The fourth-order valence-corrected chi connectivity index (χ4v) is 4.74. The molecule has 40 heavy (non-hydrogen) atoms. The second-order valence-electron chi connectivity index (χ2n) is 10.4. The molecule has 0 aromatic heterocycles. The molecule has 11 heteroatoms. The van der Waals surface area contributed by atoms with Crippen LogP contribution in [0.15, 0.2) is 48.5 Å². The number of phenols is 1. The molecule has 4 atom stereocenters. The van der Waals surface area contributed by atoms with Crippen molar-refractivity contribution in [1.29, 1.82) is 0 Å². The molecule has 214 valence electrons. The molecule has 0 spiro atoms. The Morgan fingerprint density at radius 3 is 2.10 bits per heavy atom. The normalized spacial score (nSPS) is 19.8. The van der Waals surface area contributed by atoms with Crippen molar-refractivity contribution in [2.24, 2.45) is 5.73 Å². The van der Waals surface area contributed by atoms with Crippen LogP contribution in [-0.4, -0.2) is 84.1 Å². The second-order valence-corrected chi connectivity index (χ2v) is 10.4. The summed E-state index contributed by atoms with van der Waals surface area (Å²) in [5.41, 5.74) is 8.09. The van der Waals surface area contributed by atoms with Crippen LogP contribution in [0.5, 0.6) is 5.75 Å². The Balaban J connectivity index is 1.37. The highest BCUT2D eigenvalue weighted by atomic mass is 16.6. The van der Waals surface area contributed by atoms with Crippen LogP contribution in [-0.2, 0) is 36.8 Å². The number of phenolic OH excluding ortho intramolecular Hbond substituents is 1. The van der Waals surface area contributed by atoms with Gasteiger partial charge in [-0.1, -0.05) is 42.0 Å². The van der Waals surface area contributed by atoms with Gasteiger partial charge in [-0.3, -0.25) is 19.2 Å². The van der Waals surface area contributed by atoms with E-state index in [1.807, 2.05) is 31.2 Å². The zero-order valence-corrected chi connectivity index (χ0v) is 22.6. The number of epoxide rings is 1. The lowest BCUT2D eigenvalue weighted by Crippen LogP contribution is -2.55. The van der Waals surface area contributed by atoms with Crippen LogP contribution in [0.25, 0.3) is 0 Å². The van der Waals surface area contributed by atoms with E-state index in [2.05, 4.69) is 20.9 Å². The molecule has 0 radical (unpaired) electrons. The maximum atomic E-state index is 13.3. The number of nitrogens with one attached hydrogen (secondary N) is 3. The minimum Gasteiger partial charge on any atom is -0.508 e. The summed E-state index contributed by atoms with van der Waals surface area (Å²) in [6.45, 7) is 5.21. The number of hydrogen-bond donors (Lipinski definition) is 5. The Hall–Kier alpha value is -3.96. The van der Waals surface area contributed by atoms with E-state index < -0.39 is 42.0 Å². The third kappa shape index (κ3) is 8.27. The Kier molecular flexibility index (Phi) is 9.73. The largest absolute Gasteiger partial charge is 0.508 e. The maximum Gasteiger partial charge on any atom is 0.253 e. The molecule has 4 amide bonds. The molecule has 11 nitrogen and oxygen atoms in total. The molecule has 0 bridgehead atoms. The fourth-order valence-electron chi connectivity index (χ4n) is 4.74. The third-order valence-corrected chi connectivity index (χ3v) is 7.16. The van der Waals surface area contributed by atoms with Crippen LogP contribution in [0.4, 0.5) is 0 Å². The Bertz CT molecular complexity index is 1200. The molecule has 2 fully saturated rings. The fraction of sp³-hybridized carbons (Fsp3) is 0.448. The number of amides is 4. The van der Waals surface area contributed by atoms with Gasteiger partial charge >= 0.3 is 0 Å². The molecule has 2 saturated heterocycles. The van der Waals surface area contributed by atoms with Crippen LogP contribution in [0.2, 0.25) is 0 Å². The van der Waals surface area contributed by atoms with Gasteiger partial charge in [-0.05, 0) is 56.1 Å². The van der Waals surface area contributed by atoms with Crippen LogP contribution >= 0.6 is 0 Å². The molecule has 2 aliphatic rings. The molecule has 6 N–H and O–H groups in total. The highest BCUT2D eigenvalue weighted by molar-refractivity contribution is 5.97. The average Bonchev–Trinajstić information content (AvgIpc) is 3.58. The molecule has 0 saturated carbocycles. The smallest absolute Gasteiger partial charge is 0.253 e. The Morgan fingerprint density at radius 2 is 1.48 bits per heavy atom. The van der Waals surface area contributed by atoms with Gasteiger partial charge in [0.25, 0.3) is 11.8 Å². The first-order valence-electron chi connectivity index (χ1n) is 13.6. The van der Waals surface area contributed by atoms with Crippen LogP contribution in [0.3, 0.4) is 0 Å². The summed E-state index contributed by atoms with van der Waals surface area (Å²) in [6, 6.07) is 11.6. The highest BCUT2D eigenvalue weighted by Gasteiger charge is 2.51. The zero-order chi connectivity index (χ0) is 28.6. The topological polar surface area (TPSA) is 166 Å². The third-order valence-electron chi connectivity index (χ3n) is 7.16. The van der Waals surface area contributed by atoms with Crippen LogP contribution in [0.1, 0.15) is 29.5 Å². The van der Waals surface area contributed by atoms with E-state index in [-0.39, 0.29) is 24.5 Å². The minimum absolute atomic E-state index is 0.0742. The van der Waals surface area contributed by atoms with Gasteiger partial charge in [-0.15, -0.1) is 0 Å². The van der Waals surface area contributed by atoms with Gasteiger partial charge in [-0.2, -0.15) is 0 Å². The van der Waals surface area contributed by atoms with Crippen molar-refractivity contribution < 1.29 is 29.0 Å². The first-order chi connectivity index (χ1) is 19.2. The summed E-state index contributed by atoms with van der Waals surface area (Å²) in [5.74, 6) is -2.20. The highest BCUT2D eigenvalue weighted by Crippen LogP contribution is 2.23. The summed E-state index contributed by atoms with van der Waals surface area (Å²) in [4.78, 5) is 53.2. The summed E-state index contributed by atoms with van der Waals surface area (Å²) < 4.78 is 5.35. The van der Waals surface area contributed by atoms with E-state index in [1.165, 1.54) is 12.1 Å². The number of primary amides is 1. The lowest BCUT2D eigenvalue weighted by atomic mass is 10.0. The molecule has 2 aromatic rings. The number of benzene rings is 2. The number of aromatic hydroxyl groups is 1. The van der Waals surface area contributed by atoms with Gasteiger partial charge in [0.15, 0.2) is 12.2 Å². The van der Waals surface area contributed by atoms with Crippen molar-refractivity contribution in [3.8, 4) is 5.75 Å². The van der Waals surface area contributed by atoms with Gasteiger partial charge < -0.3 is 36.4 Å². The summed E-state index contributed by atoms with van der Waals surface area (Å²) in [7, 11) is 0. The number of nitrogens with zero attached hydrogens (tertiary/aromatic N) is 1. The van der Waals surface area contributed by atoms with Crippen molar-refractivity contribution in [1.82, 2.24) is 20.9 Å². The summed E-state index contributed by atoms with van der Waals surface area (Å²) in [6.07, 6.45) is 0.686. The molecule has 2 aliphatic heterocycles. The quantitative estimate of drug-likeness (QED) is 0.217. The number of carbonyl (C=O) groups excluding carboxylic acids is 4. The monoisotopic (exact) mass is 551 g/mol. The van der Waals surface area contributed by atoms with Crippen molar-refractivity contribution in [3.63, 3.8) is 0 Å². The molecule has 4 rings (SSSR count). The predicted molar refractivity (Wildman–Crippen MR) is 147 cm³/mol. The Labute approximate surface area is 233 Å². The number of likely N-dealkylation sites (tertiary alicyclic amines) is 1. The van der Waals surface area contributed by atoms with Crippen LogP contribution < -0.4 is 21.7 Å². The first-order valence-corrected chi connectivity index (χ1v) is 13.6. The minimum atomic E-state index is -1.04. The van der Waals surface area contributed by atoms with Crippen molar-refractivity contribution >= 4 is 23.6 Å². The standard InChI is InChI=1S/C29H37N5O6/c1-18-4-6-19(7-5-18)17-23(27(37)32-22(26(30)36)16-20-8-10-21(35)11-9-20)33-29(39)25-24(40-25)28(38)31-12-15-34-13-2-3-14-34/h4-11,22-25,35H,2-3,12-17H2,1H3,(H2,30,36)(H,31,38)(H,32,37)(H,33,39)/t22-,23-,24-,25-/m0/s1. The van der Waals surface area contributed by atoms with Gasteiger partial charge in [0.1, 0.15) is 17.8 Å². The molecule has 2 heterocycles. The summed E-state index contributed by atoms with van der Waals surface area (Å²) in [5, 5.41) is 17.7. The van der Waals surface area contributed by atoms with E-state index in [4.69, 9.17) is 10.5 Å². The van der Waals surface area contributed by atoms with Gasteiger partial charge in [0.05, 0.1) is 0 Å². The number of hydrogen-bond acceptors (Lipinski definition) is 7. The molecular formula is C29H37N5O6. The molecular weight excluding hydrogens is 514 g/mol. The lowest BCUT2D eigenvalue weighted by Gasteiger charge is -2.22. The number of carbonyl (C=O) groups is 4. The van der Waals surface area contributed by atoms with Gasteiger partial charge in [0, 0.05) is 25.9 Å². The van der Waals surface area contributed by atoms with Crippen molar-refractivity contribution in [2.75, 3.05) is 26.2 Å². The SMILES string of the molecule is Cc1ccc(C[C@H](NC(=O)[C@H]2O[C@@H]2C(=O)NCCN2CCCC2)C(=O)N[C@@H](Cc2ccc(O)cc2)C(N)=O)cc1. The van der Waals surface area contributed by atoms with E-state index >= 15 is 0 Å². The second kappa shape index (κ2) is 13.4. The molecule has 0 aliphatic carbocycles. The number of rotatable bonds is 13. The number of aryl methyl sites for hydroxylation is 1. The van der Waals surface area contributed by atoms with E-state index in [1.54, 1.807) is 12.1 Å². The maximum absolute atomic E-state index is 13.3. The van der Waals surface area contributed by atoms with Gasteiger partial charge in [-0.25, -0.2) is 0 Å². The number of nitrogens with two attached hydrogens (primary N) is 1. The predicted octanol–water partition coefficient (Wildman–Crippen LogP) is -0.0799. The van der Waals surface area contributed by atoms with E-state index in [0.717, 1.165) is 43.6 Å². The average molecular weight is 552 g/mol. The summed E-state index contributed by atoms with van der Waals surface area (Å²) >= 11 is 0. The van der Waals surface area contributed by atoms with E-state index in [0.29, 0.717) is 12.1 Å². The lowest BCUT2D eigenvalue weighted by molar-refractivity contribution is -0.131. The van der Waals surface area contributed by atoms with Gasteiger partial charge in [0.2, 0.25) is 11.8 Å². The van der Waals surface area contributed by atoms with Crippen LogP contribution in [0, 0.1) is 6.92 Å². The van der Waals surface area contributed by atoms with E-state index in [9.17, 15) is 24.3 Å². The number of ether oxygens (including phenoxy) is 1. The van der Waals surface area contributed by atoms with Crippen molar-refractivity contribution in [3.05, 3.63) is 65.2 Å².